The Labute approximate surface area is 256 Å². The number of methoxy groups -OCH3 is 3. The minimum atomic E-state index is -5.20. The molecule has 3 aromatic rings. The maximum absolute atomic E-state index is 16.1. The van der Waals surface area contributed by atoms with Crippen molar-refractivity contribution in [2.45, 2.75) is 23.5 Å². The van der Waals surface area contributed by atoms with Crippen LogP contribution < -0.4 is 18.7 Å². The average Bonchev–Trinajstić information content (AvgIpc) is 3.43. The summed E-state index contributed by atoms with van der Waals surface area (Å²) in [7, 11) is -1.24. The van der Waals surface area contributed by atoms with E-state index in [9.17, 15) is 12.8 Å². The maximum atomic E-state index is 16.1. The third-order valence-electron chi connectivity index (χ3n) is 6.95. The number of benzene rings is 2. The van der Waals surface area contributed by atoms with Crippen LogP contribution in [0.4, 0.5) is 24.7 Å². The molecule has 0 aliphatic carbocycles. The molecule has 1 fully saturated rings. The number of nitrogens with zero attached hydrogens (tertiary/aromatic N) is 4. The van der Waals surface area contributed by atoms with Crippen molar-refractivity contribution in [1.29, 1.82) is 0 Å². The molecular weight excluding hydrogens is 597 g/mol. The summed E-state index contributed by atoms with van der Waals surface area (Å²) in [4.78, 5) is 3.84. The van der Waals surface area contributed by atoms with Crippen molar-refractivity contribution in [3.63, 3.8) is 0 Å². The van der Waals surface area contributed by atoms with E-state index >= 15 is 8.78 Å². The van der Waals surface area contributed by atoms with Gasteiger partial charge in [-0.2, -0.15) is 4.39 Å². The maximum Gasteiger partial charge on any atom is 0.271 e. The van der Waals surface area contributed by atoms with Crippen LogP contribution in [0.2, 0.25) is 5.02 Å². The second kappa shape index (κ2) is 12.5. The lowest BCUT2D eigenvalue weighted by Crippen LogP contribution is -2.44. The van der Waals surface area contributed by atoms with E-state index in [1.165, 1.54) is 50.5 Å². The minimum absolute atomic E-state index is 0.00895. The molecule has 2 aromatic carbocycles. The number of hydrogen-bond acceptors (Lipinski definition) is 8. The van der Waals surface area contributed by atoms with Crippen molar-refractivity contribution in [3.8, 4) is 11.5 Å². The molecule has 228 valence electrons. The molecule has 1 aliphatic rings. The van der Waals surface area contributed by atoms with Gasteiger partial charge in [-0.05, 0) is 44.6 Å². The van der Waals surface area contributed by atoms with Gasteiger partial charge in [-0.1, -0.05) is 17.7 Å². The minimum Gasteiger partial charge on any atom is -0.497 e. The monoisotopic (exact) mass is 634 g/mol. The van der Waals surface area contributed by atoms with Crippen LogP contribution in [0.25, 0.3) is 0 Å². The van der Waals surface area contributed by atoms with Crippen LogP contribution in [0.5, 0.6) is 11.5 Å². The fourth-order valence-electron chi connectivity index (χ4n) is 4.80. The molecule has 0 bridgehead atoms. The van der Waals surface area contributed by atoms with Gasteiger partial charge in [0.25, 0.3) is 10.0 Å². The molecule has 42 heavy (non-hydrogen) atoms. The van der Waals surface area contributed by atoms with Crippen molar-refractivity contribution < 1.29 is 44.0 Å². The van der Waals surface area contributed by atoms with Gasteiger partial charge in [-0.25, -0.2) is 26.5 Å². The number of likely N-dealkylation sites (N-methyl/N-ethyl adjacent to an activating group) is 1. The molecule has 4 rings (SSSR count). The zero-order valence-electron chi connectivity index (χ0n) is 28.8. The van der Waals surface area contributed by atoms with Crippen molar-refractivity contribution in [3.05, 3.63) is 70.6 Å². The molecule has 1 atom stereocenters. The number of hydrogen-bond donors (Lipinski definition) is 0. The molecule has 0 saturated carbocycles. The standard InChI is InChI=1S/C28H32ClF3N4O5S/c1-34(2)16-28(41-5)11-12-35(17-28)21-14-20(30)27(26(32)25(21)29)42(37,38)36(24-8-6-7-23(31)33-24)15-18-9-10-19(39-3)13-22(18)40-4/h6-10,13-14H,11-12,15-17H2,1-5H3/i1D3,2D3. The van der Waals surface area contributed by atoms with Gasteiger partial charge >= 0.3 is 0 Å². The lowest BCUT2D eigenvalue weighted by atomic mass is 10.0. The first-order valence-electron chi connectivity index (χ1n) is 15.4. The van der Waals surface area contributed by atoms with Gasteiger partial charge in [0.2, 0.25) is 5.95 Å². The summed E-state index contributed by atoms with van der Waals surface area (Å²) in [6.07, 6.45) is 0.0362. The number of sulfonamides is 1. The van der Waals surface area contributed by atoms with Gasteiger partial charge in [-0.15, -0.1) is 0 Å². The second-order valence-corrected chi connectivity index (χ2v) is 11.7. The Hall–Kier alpha value is -3.26. The van der Waals surface area contributed by atoms with Crippen molar-refractivity contribution in [2.75, 3.05) is 64.1 Å². The number of ether oxygens (including phenoxy) is 3. The van der Waals surface area contributed by atoms with E-state index in [2.05, 4.69) is 4.98 Å². The third kappa shape index (κ3) is 6.24. The molecule has 14 heteroatoms. The fourth-order valence-corrected chi connectivity index (χ4v) is 6.64. The first kappa shape index (κ1) is 24.2. The van der Waals surface area contributed by atoms with Crippen molar-refractivity contribution in [1.82, 2.24) is 9.88 Å². The highest BCUT2D eigenvalue weighted by Gasteiger charge is 2.41. The van der Waals surface area contributed by atoms with Crippen LogP contribution >= 0.6 is 11.6 Å². The van der Waals surface area contributed by atoms with Gasteiger partial charge in [-0.3, -0.25) is 0 Å². The molecule has 1 aromatic heterocycles. The van der Waals surface area contributed by atoms with Crippen molar-refractivity contribution >= 4 is 33.1 Å². The van der Waals surface area contributed by atoms with Crippen LogP contribution in [0.15, 0.2) is 47.4 Å². The summed E-state index contributed by atoms with van der Waals surface area (Å²) >= 11 is 6.35. The van der Waals surface area contributed by atoms with Crippen LogP contribution in [0, 0.1) is 17.6 Å². The van der Waals surface area contributed by atoms with Gasteiger partial charge < -0.3 is 24.0 Å². The normalized spacial score (nSPS) is 19.9. The van der Waals surface area contributed by atoms with Crippen LogP contribution in [0.1, 0.15) is 20.2 Å². The number of anilines is 2. The van der Waals surface area contributed by atoms with E-state index < -0.39 is 76.0 Å². The second-order valence-electron chi connectivity index (χ2n) is 9.49. The van der Waals surface area contributed by atoms with E-state index in [1.54, 1.807) is 0 Å². The van der Waals surface area contributed by atoms with Crippen LogP contribution in [-0.4, -0.2) is 78.8 Å². The molecule has 0 spiro atoms. The smallest absolute Gasteiger partial charge is 0.271 e. The van der Waals surface area contributed by atoms with E-state index in [1.807, 2.05) is 0 Å². The van der Waals surface area contributed by atoms with E-state index in [4.69, 9.17) is 34.0 Å². The number of pyridine rings is 1. The SMILES string of the molecule is [2H]C([2H])([2H])N(CC1(OC)CCN(c2cc(F)c(S(=O)(=O)N(Cc3ccc(OC)cc3OC)c3cccc(F)n3)c(F)c2Cl)C1)C([2H])([2H])[2H]. The molecule has 0 radical (unpaired) electrons. The highest BCUT2D eigenvalue weighted by molar-refractivity contribution is 7.92. The predicted molar refractivity (Wildman–Crippen MR) is 154 cm³/mol. The number of aromatic nitrogens is 1. The van der Waals surface area contributed by atoms with E-state index in [-0.39, 0.29) is 36.5 Å². The number of rotatable bonds is 11. The van der Waals surface area contributed by atoms with Crippen LogP contribution in [-0.2, 0) is 21.3 Å². The Kier molecular flexibility index (Phi) is 7.23. The first-order valence-corrected chi connectivity index (χ1v) is 14.2. The molecule has 1 aliphatic heterocycles. The Balaban J connectivity index is 1.76. The summed E-state index contributed by atoms with van der Waals surface area (Å²) in [5.74, 6) is -4.23. The predicted octanol–water partition coefficient (Wildman–Crippen LogP) is 4.72. The van der Waals surface area contributed by atoms with Crippen molar-refractivity contribution in [2.24, 2.45) is 0 Å². The highest BCUT2D eigenvalue weighted by atomic mass is 35.5. The Bertz CT molecular complexity index is 1760. The highest BCUT2D eigenvalue weighted by Crippen LogP contribution is 2.40. The molecule has 1 saturated heterocycles. The van der Waals surface area contributed by atoms with Gasteiger partial charge in [0.05, 0.1) is 32.1 Å². The summed E-state index contributed by atoms with van der Waals surface area (Å²) in [5.41, 5.74) is -1.49. The summed E-state index contributed by atoms with van der Waals surface area (Å²) in [6.45, 7) is -7.48. The molecular formula is C28H32ClF3N4O5S. The van der Waals surface area contributed by atoms with Gasteiger partial charge in [0.1, 0.15) is 28.2 Å². The Morgan fingerprint density at radius 1 is 1.12 bits per heavy atom. The lowest BCUT2D eigenvalue weighted by Gasteiger charge is -2.31. The fraction of sp³-hybridized carbons (Fsp3) is 0.393. The van der Waals surface area contributed by atoms with Crippen LogP contribution in [0.3, 0.4) is 0 Å². The van der Waals surface area contributed by atoms with Gasteiger partial charge in [0.15, 0.2) is 10.7 Å². The number of halogens is 4. The van der Waals surface area contributed by atoms with E-state index in [0.29, 0.717) is 21.0 Å². The molecule has 2 heterocycles. The zero-order chi connectivity index (χ0) is 35.8. The summed E-state index contributed by atoms with van der Waals surface area (Å²) in [5, 5.41) is -0.792. The Morgan fingerprint density at radius 3 is 2.52 bits per heavy atom. The first-order chi connectivity index (χ1) is 22.3. The summed E-state index contributed by atoms with van der Waals surface area (Å²) in [6, 6.07) is 8.37. The largest absolute Gasteiger partial charge is 0.497 e. The third-order valence-corrected chi connectivity index (χ3v) is 9.09. The quantitative estimate of drug-likeness (QED) is 0.221. The molecule has 9 nitrogen and oxygen atoms in total. The topological polar surface area (TPSA) is 84.4 Å². The molecule has 0 N–H and O–H groups in total. The molecule has 1 unspecified atom stereocenters. The van der Waals surface area contributed by atoms with E-state index in [0.717, 1.165) is 12.1 Å². The average molecular weight is 635 g/mol. The lowest BCUT2D eigenvalue weighted by molar-refractivity contribution is -0.0100. The van der Waals surface area contributed by atoms with Gasteiger partial charge in [0, 0.05) is 52.7 Å². The Morgan fingerprint density at radius 2 is 1.88 bits per heavy atom. The zero-order valence-corrected chi connectivity index (χ0v) is 24.4. The molecule has 0 amide bonds. The summed E-state index contributed by atoms with van der Waals surface area (Å²) < 4.78 is 137.